The summed E-state index contributed by atoms with van der Waals surface area (Å²) in [6.45, 7) is 0.404. The highest BCUT2D eigenvalue weighted by Gasteiger charge is 2.31. The van der Waals surface area contributed by atoms with E-state index in [1.54, 1.807) is 49.6 Å². The standard InChI is InChI=1S/C28H30FN3O3/c1-35-24-15-11-20(12-16-24)28(34)32(26-8-3-2-7-25(26)30)18-19-9-13-23(14-10-19)31-27(33)21-5-4-6-22(29)17-21/h4-6,9-17,25-26H,2-3,7-8,18,30H2,1H3,(H,31,33). The van der Waals surface area contributed by atoms with Gasteiger partial charge in [0.1, 0.15) is 11.6 Å². The molecule has 0 radical (unpaired) electrons. The Morgan fingerprint density at radius 3 is 2.37 bits per heavy atom. The highest BCUT2D eigenvalue weighted by Crippen LogP contribution is 2.26. The van der Waals surface area contributed by atoms with Crippen molar-refractivity contribution in [3.63, 3.8) is 0 Å². The van der Waals surface area contributed by atoms with Crippen molar-refractivity contribution >= 4 is 17.5 Å². The van der Waals surface area contributed by atoms with Crippen LogP contribution in [0, 0.1) is 5.82 Å². The van der Waals surface area contributed by atoms with E-state index in [0.717, 1.165) is 31.2 Å². The smallest absolute Gasteiger partial charge is 0.255 e. The third-order valence-electron chi connectivity index (χ3n) is 6.43. The lowest BCUT2D eigenvalue weighted by Crippen LogP contribution is -2.51. The first-order valence-electron chi connectivity index (χ1n) is 11.8. The third kappa shape index (κ3) is 6.05. The lowest BCUT2D eigenvalue weighted by molar-refractivity contribution is 0.0583. The van der Waals surface area contributed by atoms with Gasteiger partial charge in [0.05, 0.1) is 7.11 Å². The van der Waals surface area contributed by atoms with Gasteiger partial charge in [-0.2, -0.15) is 0 Å². The van der Waals surface area contributed by atoms with Crippen molar-refractivity contribution in [3.8, 4) is 5.75 Å². The molecule has 6 nitrogen and oxygen atoms in total. The van der Waals surface area contributed by atoms with Crippen LogP contribution in [0.1, 0.15) is 52.0 Å². The predicted octanol–water partition coefficient (Wildman–Crippen LogP) is 5.00. The van der Waals surface area contributed by atoms with Gasteiger partial charge in [-0.15, -0.1) is 0 Å². The van der Waals surface area contributed by atoms with Crippen molar-refractivity contribution in [2.45, 2.75) is 44.3 Å². The van der Waals surface area contributed by atoms with Crippen LogP contribution in [0.5, 0.6) is 5.75 Å². The number of hydrogen-bond donors (Lipinski definition) is 2. The molecule has 2 amide bonds. The summed E-state index contributed by atoms with van der Waals surface area (Å²) in [5.41, 5.74) is 8.80. The number of benzene rings is 3. The minimum absolute atomic E-state index is 0.0503. The second kappa shape index (κ2) is 11.1. The number of hydrogen-bond acceptors (Lipinski definition) is 4. The number of carbonyl (C=O) groups is 2. The van der Waals surface area contributed by atoms with Crippen LogP contribution in [0.15, 0.2) is 72.8 Å². The molecule has 1 aliphatic rings. The topological polar surface area (TPSA) is 84.7 Å². The van der Waals surface area contributed by atoms with Crippen LogP contribution in [0.3, 0.4) is 0 Å². The second-order valence-corrected chi connectivity index (χ2v) is 8.84. The molecule has 3 N–H and O–H groups in total. The largest absolute Gasteiger partial charge is 0.497 e. The molecule has 35 heavy (non-hydrogen) atoms. The van der Waals surface area contributed by atoms with E-state index in [4.69, 9.17) is 10.5 Å². The highest BCUT2D eigenvalue weighted by atomic mass is 19.1. The van der Waals surface area contributed by atoms with Crippen molar-refractivity contribution in [3.05, 3.63) is 95.3 Å². The molecule has 0 bridgehead atoms. The Labute approximate surface area is 204 Å². The highest BCUT2D eigenvalue weighted by molar-refractivity contribution is 6.04. The zero-order valence-corrected chi connectivity index (χ0v) is 19.7. The zero-order chi connectivity index (χ0) is 24.8. The fraction of sp³-hybridized carbons (Fsp3) is 0.286. The minimum atomic E-state index is -0.462. The SMILES string of the molecule is COc1ccc(C(=O)N(Cc2ccc(NC(=O)c3cccc(F)c3)cc2)C2CCCCC2N)cc1. The normalized spacial score (nSPS) is 17.5. The summed E-state index contributed by atoms with van der Waals surface area (Å²) in [5, 5.41) is 2.78. The van der Waals surface area contributed by atoms with Crippen molar-refractivity contribution in [2.24, 2.45) is 5.73 Å². The Bertz CT molecular complexity index is 1160. The van der Waals surface area contributed by atoms with Gasteiger partial charge in [0, 0.05) is 35.4 Å². The maximum absolute atomic E-state index is 13.5. The number of amides is 2. The molecule has 0 aromatic heterocycles. The molecule has 7 heteroatoms. The summed E-state index contributed by atoms with van der Waals surface area (Å²) >= 11 is 0. The number of rotatable bonds is 7. The van der Waals surface area contributed by atoms with E-state index in [1.807, 2.05) is 17.0 Å². The van der Waals surface area contributed by atoms with Gasteiger partial charge in [-0.1, -0.05) is 31.0 Å². The first-order valence-corrected chi connectivity index (χ1v) is 11.8. The van der Waals surface area contributed by atoms with E-state index in [-0.39, 0.29) is 29.5 Å². The second-order valence-electron chi connectivity index (χ2n) is 8.84. The predicted molar refractivity (Wildman–Crippen MR) is 134 cm³/mol. The summed E-state index contributed by atoms with van der Waals surface area (Å²) in [6, 6.07) is 19.8. The molecule has 2 atom stereocenters. The number of ether oxygens (including phenoxy) is 1. The van der Waals surface area contributed by atoms with Crippen LogP contribution in [-0.4, -0.2) is 35.9 Å². The fourth-order valence-corrected chi connectivity index (χ4v) is 4.49. The van der Waals surface area contributed by atoms with E-state index in [0.29, 0.717) is 23.5 Å². The van der Waals surface area contributed by atoms with Crippen LogP contribution in [0.2, 0.25) is 0 Å². The Morgan fingerprint density at radius 2 is 1.71 bits per heavy atom. The molecule has 3 aromatic carbocycles. The average molecular weight is 476 g/mol. The van der Waals surface area contributed by atoms with Gasteiger partial charge >= 0.3 is 0 Å². The summed E-state index contributed by atoms with van der Waals surface area (Å²) in [7, 11) is 1.59. The van der Waals surface area contributed by atoms with E-state index in [1.165, 1.54) is 18.2 Å². The third-order valence-corrected chi connectivity index (χ3v) is 6.43. The molecule has 1 fully saturated rings. The zero-order valence-electron chi connectivity index (χ0n) is 19.7. The molecule has 2 unspecified atom stereocenters. The van der Waals surface area contributed by atoms with Gasteiger partial charge in [-0.05, 0) is 73.0 Å². The molecule has 0 aliphatic heterocycles. The van der Waals surface area contributed by atoms with Crippen LogP contribution in [-0.2, 0) is 6.54 Å². The van der Waals surface area contributed by atoms with Crippen LogP contribution < -0.4 is 15.8 Å². The van der Waals surface area contributed by atoms with E-state index in [9.17, 15) is 14.0 Å². The van der Waals surface area contributed by atoms with Crippen molar-refractivity contribution in [1.29, 1.82) is 0 Å². The molecular weight excluding hydrogens is 445 g/mol. The van der Waals surface area contributed by atoms with E-state index < -0.39 is 5.82 Å². The lowest BCUT2D eigenvalue weighted by atomic mass is 9.89. The lowest BCUT2D eigenvalue weighted by Gasteiger charge is -2.38. The monoisotopic (exact) mass is 475 g/mol. The van der Waals surface area contributed by atoms with E-state index >= 15 is 0 Å². The first-order chi connectivity index (χ1) is 16.9. The number of nitrogens with two attached hydrogens (primary N) is 1. The number of nitrogens with one attached hydrogen (secondary N) is 1. The fourth-order valence-electron chi connectivity index (χ4n) is 4.49. The Balaban J connectivity index is 1.51. The first kappa shape index (κ1) is 24.4. The average Bonchev–Trinajstić information content (AvgIpc) is 2.88. The molecule has 1 saturated carbocycles. The van der Waals surface area contributed by atoms with Crippen LogP contribution in [0.4, 0.5) is 10.1 Å². The number of nitrogens with zero attached hydrogens (tertiary/aromatic N) is 1. The van der Waals surface area contributed by atoms with Gasteiger partial charge in [-0.25, -0.2) is 4.39 Å². The summed E-state index contributed by atoms with van der Waals surface area (Å²) in [4.78, 5) is 27.8. The van der Waals surface area contributed by atoms with Gasteiger partial charge in [0.25, 0.3) is 11.8 Å². The van der Waals surface area contributed by atoms with Gasteiger partial charge in [-0.3, -0.25) is 9.59 Å². The van der Waals surface area contributed by atoms with Gasteiger partial charge < -0.3 is 20.7 Å². The van der Waals surface area contributed by atoms with Crippen molar-refractivity contribution < 1.29 is 18.7 Å². The van der Waals surface area contributed by atoms with Crippen LogP contribution >= 0.6 is 0 Å². The Kier molecular flexibility index (Phi) is 7.77. The molecule has 0 saturated heterocycles. The Hall–Kier alpha value is -3.71. The van der Waals surface area contributed by atoms with Gasteiger partial charge in [0.2, 0.25) is 0 Å². The summed E-state index contributed by atoms with van der Waals surface area (Å²) in [5.74, 6) is -0.228. The molecule has 1 aliphatic carbocycles. The number of carbonyl (C=O) groups excluding carboxylic acids is 2. The molecule has 182 valence electrons. The maximum atomic E-state index is 13.5. The van der Waals surface area contributed by atoms with Crippen molar-refractivity contribution in [2.75, 3.05) is 12.4 Å². The maximum Gasteiger partial charge on any atom is 0.255 e. The van der Waals surface area contributed by atoms with Crippen LogP contribution in [0.25, 0.3) is 0 Å². The summed E-state index contributed by atoms with van der Waals surface area (Å²) in [6.07, 6.45) is 3.87. The number of methoxy groups -OCH3 is 1. The molecule has 0 spiro atoms. The molecular formula is C28H30FN3O3. The molecule has 3 aromatic rings. The Morgan fingerprint density at radius 1 is 1.00 bits per heavy atom. The number of halogens is 1. The van der Waals surface area contributed by atoms with Crippen molar-refractivity contribution in [1.82, 2.24) is 4.90 Å². The molecule has 0 heterocycles. The summed E-state index contributed by atoms with van der Waals surface area (Å²) < 4.78 is 18.6. The van der Waals surface area contributed by atoms with Gasteiger partial charge in [0.15, 0.2) is 0 Å². The molecule has 4 rings (SSSR count). The minimum Gasteiger partial charge on any atom is -0.497 e. The quantitative estimate of drug-likeness (QED) is 0.504. The van der Waals surface area contributed by atoms with E-state index in [2.05, 4.69) is 5.32 Å². The number of anilines is 1.